The minimum Gasteiger partial charge on any atom is -0.381 e. The number of nitrogens with zero attached hydrogens (tertiary/aromatic N) is 3. The maximum absolute atomic E-state index is 13.0. The standard InChI is InChI=1S/C20H25N3O2/c24-20(6-11-22-10-3-9-21-22)23-15-18-5-2-1-4-17(18)14-19(23)16-7-12-25-13-8-16/h1-5,9-10,16,19H,6-8,11-15H2. The predicted molar refractivity (Wildman–Crippen MR) is 94.9 cm³/mol. The smallest absolute Gasteiger partial charge is 0.225 e. The molecule has 1 fully saturated rings. The van der Waals surface area contributed by atoms with E-state index in [-0.39, 0.29) is 5.91 Å². The van der Waals surface area contributed by atoms with Gasteiger partial charge in [-0.05, 0) is 42.4 Å². The molecule has 1 aromatic heterocycles. The molecule has 1 saturated heterocycles. The predicted octanol–water partition coefficient (Wildman–Crippen LogP) is 2.65. The molecule has 0 aliphatic carbocycles. The molecule has 4 rings (SSSR count). The quantitative estimate of drug-likeness (QED) is 0.860. The van der Waals surface area contributed by atoms with E-state index in [1.165, 1.54) is 11.1 Å². The van der Waals surface area contributed by atoms with Crippen molar-refractivity contribution < 1.29 is 9.53 Å². The molecule has 1 unspecified atom stereocenters. The molecule has 25 heavy (non-hydrogen) atoms. The molecule has 2 aromatic rings. The third-order valence-corrected chi connectivity index (χ3v) is 5.53. The highest BCUT2D eigenvalue weighted by Crippen LogP contribution is 2.32. The van der Waals surface area contributed by atoms with Crippen LogP contribution in [-0.2, 0) is 29.0 Å². The van der Waals surface area contributed by atoms with E-state index in [2.05, 4.69) is 34.3 Å². The fourth-order valence-corrected chi connectivity index (χ4v) is 4.13. The van der Waals surface area contributed by atoms with E-state index in [4.69, 9.17) is 4.74 Å². The number of hydrogen-bond donors (Lipinski definition) is 0. The monoisotopic (exact) mass is 339 g/mol. The van der Waals surface area contributed by atoms with Crippen LogP contribution in [0, 0.1) is 5.92 Å². The summed E-state index contributed by atoms with van der Waals surface area (Å²) in [6.45, 7) is 3.01. The van der Waals surface area contributed by atoms with E-state index in [0.29, 0.717) is 24.9 Å². The van der Waals surface area contributed by atoms with Crippen LogP contribution in [0.15, 0.2) is 42.7 Å². The van der Waals surface area contributed by atoms with E-state index in [1.54, 1.807) is 6.20 Å². The van der Waals surface area contributed by atoms with Crippen LogP contribution < -0.4 is 0 Å². The first kappa shape index (κ1) is 16.3. The number of ether oxygens (including phenoxy) is 1. The Labute approximate surface area is 148 Å². The van der Waals surface area contributed by atoms with E-state index in [0.717, 1.165) is 39.0 Å². The molecule has 0 saturated carbocycles. The number of hydrogen-bond acceptors (Lipinski definition) is 3. The summed E-state index contributed by atoms with van der Waals surface area (Å²) in [6.07, 6.45) is 7.24. The van der Waals surface area contributed by atoms with Crippen molar-refractivity contribution in [3.63, 3.8) is 0 Å². The molecule has 0 N–H and O–H groups in total. The van der Waals surface area contributed by atoms with E-state index in [1.807, 2.05) is 16.9 Å². The third kappa shape index (κ3) is 3.61. The van der Waals surface area contributed by atoms with E-state index in [9.17, 15) is 4.79 Å². The molecular weight excluding hydrogens is 314 g/mol. The normalized spacial score (nSPS) is 21.1. The van der Waals surface area contributed by atoms with Gasteiger partial charge in [0.05, 0.1) is 0 Å². The lowest BCUT2D eigenvalue weighted by molar-refractivity contribution is -0.137. The second kappa shape index (κ2) is 7.40. The number of rotatable bonds is 4. The van der Waals surface area contributed by atoms with Crippen molar-refractivity contribution in [1.82, 2.24) is 14.7 Å². The van der Waals surface area contributed by atoms with Gasteiger partial charge < -0.3 is 9.64 Å². The molecular formula is C20H25N3O2. The van der Waals surface area contributed by atoms with Gasteiger partial charge in [-0.3, -0.25) is 9.48 Å². The topological polar surface area (TPSA) is 47.4 Å². The van der Waals surface area contributed by atoms with Crippen LogP contribution in [0.25, 0.3) is 0 Å². The van der Waals surface area contributed by atoms with Crippen molar-refractivity contribution in [1.29, 1.82) is 0 Å². The van der Waals surface area contributed by atoms with Crippen molar-refractivity contribution in [3.8, 4) is 0 Å². The lowest BCUT2D eigenvalue weighted by atomic mass is 9.82. The maximum atomic E-state index is 13.0. The summed E-state index contributed by atoms with van der Waals surface area (Å²) in [4.78, 5) is 15.1. The Morgan fingerprint density at radius 2 is 1.96 bits per heavy atom. The van der Waals surface area contributed by atoms with Crippen molar-refractivity contribution >= 4 is 5.91 Å². The summed E-state index contributed by atoms with van der Waals surface area (Å²) in [5.74, 6) is 0.775. The minimum atomic E-state index is 0.237. The van der Waals surface area contributed by atoms with Crippen LogP contribution in [0.2, 0.25) is 0 Å². The Bertz CT molecular complexity index is 707. The number of aryl methyl sites for hydroxylation is 1. The zero-order valence-corrected chi connectivity index (χ0v) is 14.5. The second-order valence-corrected chi connectivity index (χ2v) is 7.03. The molecule has 0 radical (unpaired) electrons. The molecule has 1 amide bonds. The molecule has 0 spiro atoms. The van der Waals surface area contributed by atoms with Gasteiger partial charge in [0.1, 0.15) is 0 Å². The summed E-state index contributed by atoms with van der Waals surface area (Å²) in [5, 5.41) is 4.21. The molecule has 2 aliphatic rings. The van der Waals surface area contributed by atoms with Gasteiger partial charge in [0.25, 0.3) is 0 Å². The van der Waals surface area contributed by atoms with Crippen LogP contribution in [0.5, 0.6) is 0 Å². The fourth-order valence-electron chi connectivity index (χ4n) is 4.13. The first-order valence-corrected chi connectivity index (χ1v) is 9.22. The number of carbonyl (C=O) groups excluding carboxylic acids is 1. The lowest BCUT2D eigenvalue weighted by Gasteiger charge is -2.42. The second-order valence-electron chi connectivity index (χ2n) is 7.03. The molecule has 132 valence electrons. The Hall–Kier alpha value is -2.14. The summed E-state index contributed by atoms with van der Waals surface area (Å²) >= 11 is 0. The highest BCUT2D eigenvalue weighted by molar-refractivity contribution is 5.77. The van der Waals surface area contributed by atoms with Gasteiger partial charge >= 0.3 is 0 Å². The van der Waals surface area contributed by atoms with Gasteiger partial charge in [0, 0.05) is 51.2 Å². The fraction of sp³-hybridized carbons (Fsp3) is 0.500. The first-order valence-electron chi connectivity index (χ1n) is 9.22. The lowest BCUT2D eigenvalue weighted by Crippen LogP contribution is -2.49. The summed E-state index contributed by atoms with van der Waals surface area (Å²) in [6, 6.07) is 10.7. The number of aromatic nitrogens is 2. The number of benzene rings is 1. The molecule has 1 aromatic carbocycles. The van der Waals surface area contributed by atoms with Crippen LogP contribution >= 0.6 is 0 Å². The van der Waals surface area contributed by atoms with Crippen molar-refractivity contribution in [2.75, 3.05) is 13.2 Å². The number of carbonyl (C=O) groups is 1. The van der Waals surface area contributed by atoms with Crippen LogP contribution in [0.4, 0.5) is 0 Å². The third-order valence-electron chi connectivity index (χ3n) is 5.53. The van der Waals surface area contributed by atoms with Crippen molar-refractivity contribution in [2.24, 2.45) is 5.92 Å². The van der Waals surface area contributed by atoms with Gasteiger partial charge in [-0.15, -0.1) is 0 Å². The Morgan fingerprint density at radius 3 is 2.72 bits per heavy atom. The van der Waals surface area contributed by atoms with Gasteiger partial charge in [0.2, 0.25) is 5.91 Å². The summed E-state index contributed by atoms with van der Waals surface area (Å²) in [7, 11) is 0. The molecule has 3 heterocycles. The Morgan fingerprint density at radius 1 is 1.16 bits per heavy atom. The zero-order valence-electron chi connectivity index (χ0n) is 14.5. The first-order chi connectivity index (χ1) is 12.3. The Balaban J connectivity index is 1.52. The van der Waals surface area contributed by atoms with Crippen molar-refractivity contribution in [2.45, 2.75) is 44.8 Å². The van der Waals surface area contributed by atoms with Crippen LogP contribution in [0.3, 0.4) is 0 Å². The molecule has 5 nitrogen and oxygen atoms in total. The maximum Gasteiger partial charge on any atom is 0.225 e. The van der Waals surface area contributed by atoms with Gasteiger partial charge in [-0.25, -0.2) is 0 Å². The van der Waals surface area contributed by atoms with Gasteiger partial charge in [-0.1, -0.05) is 24.3 Å². The summed E-state index contributed by atoms with van der Waals surface area (Å²) in [5.41, 5.74) is 2.69. The van der Waals surface area contributed by atoms with E-state index < -0.39 is 0 Å². The van der Waals surface area contributed by atoms with Crippen LogP contribution in [0.1, 0.15) is 30.4 Å². The highest BCUT2D eigenvalue weighted by Gasteiger charge is 2.35. The van der Waals surface area contributed by atoms with Crippen molar-refractivity contribution in [3.05, 3.63) is 53.9 Å². The molecule has 1 atom stereocenters. The molecule has 5 heteroatoms. The Kier molecular flexibility index (Phi) is 4.83. The van der Waals surface area contributed by atoms with Crippen LogP contribution in [-0.4, -0.2) is 39.8 Å². The molecule has 2 aliphatic heterocycles. The van der Waals surface area contributed by atoms with Gasteiger partial charge in [0.15, 0.2) is 0 Å². The minimum absolute atomic E-state index is 0.237. The number of amides is 1. The highest BCUT2D eigenvalue weighted by atomic mass is 16.5. The SMILES string of the molecule is O=C(CCn1cccn1)N1Cc2ccccc2CC1C1CCOCC1. The molecule has 0 bridgehead atoms. The average molecular weight is 339 g/mol. The average Bonchev–Trinajstić information content (AvgIpc) is 3.19. The van der Waals surface area contributed by atoms with E-state index >= 15 is 0 Å². The largest absolute Gasteiger partial charge is 0.381 e. The van der Waals surface area contributed by atoms with Gasteiger partial charge in [-0.2, -0.15) is 5.10 Å². The number of fused-ring (bicyclic) bond motifs is 1. The summed E-state index contributed by atoms with van der Waals surface area (Å²) < 4.78 is 7.37. The zero-order chi connectivity index (χ0) is 17.1.